The van der Waals surface area contributed by atoms with Crippen LogP contribution in [0.2, 0.25) is 5.02 Å². The van der Waals surface area contributed by atoms with E-state index in [2.05, 4.69) is 30.7 Å². The number of hydrogen-bond acceptors (Lipinski definition) is 8. The highest BCUT2D eigenvalue weighted by atomic mass is 35.5. The van der Waals surface area contributed by atoms with Gasteiger partial charge < -0.3 is 10.1 Å². The lowest BCUT2D eigenvalue weighted by Crippen LogP contribution is -2.38. The molecule has 29 heavy (non-hydrogen) atoms. The molecule has 0 bridgehead atoms. The van der Waals surface area contributed by atoms with Crippen molar-refractivity contribution in [2.24, 2.45) is 0 Å². The van der Waals surface area contributed by atoms with Crippen LogP contribution in [0.4, 0.5) is 21.4 Å². The zero-order chi connectivity index (χ0) is 19.8. The standard InChI is InChI=1S/C18H14ClN7O2S/c19-15-11-9-21-23-12(11)2-3-13(15)22-17-25-24-16(29-17)10-4-5-20-14(8-10)26-6-1-7-28-18(26)27/h2-5,8-9H,1,6-7H2,(H,21,23)(H,22,25). The normalized spacial score (nSPS) is 14.2. The summed E-state index contributed by atoms with van der Waals surface area (Å²) in [6.07, 6.45) is 3.71. The Bertz CT molecular complexity index is 1210. The molecule has 2 N–H and O–H groups in total. The highest BCUT2D eigenvalue weighted by Crippen LogP contribution is 2.34. The van der Waals surface area contributed by atoms with Crippen molar-refractivity contribution in [3.05, 3.63) is 41.7 Å². The number of rotatable bonds is 4. The number of fused-ring (bicyclic) bond motifs is 1. The number of H-pyrrole nitrogens is 1. The lowest BCUT2D eigenvalue weighted by atomic mass is 10.2. The number of aromatic nitrogens is 5. The van der Waals surface area contributed by atoms with Crippen LogP contribution in [0.1, 0.15) is 6.42 Å². The number of anilines is 3. The van der Waals surface area contributed by atoms with Crippen LogP contribution in [0.5, 0.6) is 0 Å². The summed E-state index contributed by atoms with van der Waals surface area (Å²) in [7, 11) is 0. The molecular weight excluding hydrogens is 414 g/mol. The van der Waals surface area contributed by atoms with Crippen molar-refractivity contribution in [1.29, 1.82) is 0 Å². The summed E-state index contributed by atoms with van der Waals surface area (Å²) in [6.45, 7) is 1.01. The van der Waals surface area contributed by atoms with Gasteiger partial charge in [-0.05, 0) is 30.7 Å². The monoisotopic (exact) mass is 427 g/mol. The summed E-state index contributed by atoms with van der Waals surface area (Å²) in [6, 6.07) is 7.39. The van der Waals surface area contributed by atoms with E-state index in [1.54, 1.807) is 18.5 Å². The Morgan fingerprint density at radius 1 is 1.28 bits per heavy atom. The van der Waals surface area contributed by atoms with Gasteiger partial charge in [-0.15, -0.1) is 10.2 Å². The maximum absolute atomic E-state index is 12.0. The minimum absolute atomic E-state index is 0.384. The Morgan fingerprint density at radius 2 is 2.21 bits per heavy atom. The van der Waals surface area contributed by atoms with Crippen molar-refractivity contribution in [2.75, 3.05) is 23.4 Å². The van der Waals surface area contributed by atoms with Crippen LogP contribution in [0.25, 0.3) is 21.5 Å². The first kappa shape index (κ1) is 17.8. The van der Waals surface area contributed by atoms with Gasteiger partial charge in [-0.1, -0.05) is 22.9 Å². The number of nitrogens with zero attached hydrogens (tertiary/aromatic N) is 5. The lowest BCUT2D eigenvalue weighted by Gasteiger charge is -2.25. The highest BCUT2D eigenvalue weighted by molar-refractivity contribution is 7.18. The fraction of sp³-hybridized carbons (Fsp3) is 0.167. The summed E-state index contributed by atoms with van der Waals surface area (Å²) in [5, 5.41) is 21.2. The predicted octanol–water partition coefficient (Wildman–Crippen LogP) is 4.22. The Hall–Kier alpha value is -3.24. The maximum atomic E-state index is 12.0. The number of nitrogens with one attached hydrogen (secondary N) is 2. The van der Waals surface area contributed by atoms with E-state index in [1.165, 1.54) is 16.2 Å². The van der Waals surface area contributed by atoms with Gasteiger partial charge in [-0.3, -0.25) is 10.00 Å². The molecule has 0 unspecified atom stereocenters. The molecule has 0 atom stereocenters. The molecular formula is C18H14ClN7O2S. The van der Waals surface area contributed by atoms with Crippen LogP contribution in [0.15, 0.2) is 36.7 Å². The van der Waals surface area contributed by atoms with Crippen LogP contribution >= 0.6 is 22.9 Å². The average molecular weight is 428 g/mol. The average Bonchev–Trinajstić information content (AvgIpc) is 3.41. The fourth-order valence-electron chi connectivity index (χ4n) is 3.04. The summed E-state index contributed by atoms with van der Waals surface area (Å²) in [4.78, 5) is 17.8. The van der Waals surface area contributed by atoms with E-state index >= 15 is 0 Å². The number of ether oxygens (including phenoxy) is 1. The molecule has 1 aromatic carbocycles. The number of aromatic amines is 1. The lowest BCUT2D eigenvalue weighted by molar-refractivity contribution is 0.140. The number of carbonyl (C=O) groups is 1. The molecule has 1 aliphatic heterocycles. The molecule has 9 nitrogen and oxygen atoms in total. The van der Waals surface area contributed by atoms with E-state index < -0.39 is 0 Å². The maximum Gasteiger partial charge on any atom is 0.415 e. The third kappa shape index (κ3) is 3.36. The van der Waals surface area contributed by atoms with Crippen molar-refractivity contribution in [3.8, 4) is 10.6 Å². The second-order valence-corrected chi connectivity index (χ2v) is 7.67. The smallest absolute Gasteiger partial charge is 0.415 e. The molecule has 1 saturated heterocycles. The van der Waals surface area contributed by atoms with E-state index in [-0.39, 0.29) is 6.09 Å². The van der Waals surface area contributed by atoms with Crippen molar-refractivity contribution < 1.29 is 9.53 Å². The molecule has 1 aliphatic rings. The van der Waals surface area contributed by atoms with Gasteiger partial charge in [0.1, 0.15) is 10.8 Å². The largest absolute Gasteiger partial charge is 0.449 e. The Kier molecular flexibility index (Phi) is 4.49. The second-order valence-electron chi connectivity index (χ2n) is 6.32. The zero-order valence-electron chi connectivity index (χ0n) is 14.9. The molecule has 1 fully saturated rings. The summed E-state index contributed by atoms with van der Waals surface area (Å²) in [5.41, 5.74) is 2.39. The zero-order valence-corrected chi connectivity index (χ0v) is 16.5. The molecule has 0 aliphatic carbocycles. The molecule has 3 aromatic heterocycles. The number of amides is 1. The van der Waals surface area contributed by atoms with Crippen LogP contribution in [0, 0.1) is 0 Å². The van der Waals surface area contributed by atoms with Crippen molar-refractivity contribution in [2.45, 2.75) is 6.42 Å². The van der Waals surface area contributed by atoms with E-state index in [1.807, 2.05) is 18.2 Å². The number of benzene rings is 1. The third-order valence-corrected chi connectivity index (χ3v) is 5.76. The Labute approximate surface area is 173 Å². The minimum atomic E-state index is -0.384. The SMILES string of the molecule is O=C1OCCCN1c1cc(-c2nnc(Nc3ccc4[nH]ncc4c3Cl)s2)ccn1. The first-order valence-corrected chi connectivity index (χ1v) is 10.0. The molecule has 11 heteroatoms. The van der Waals surface area contributed by atoms with Gasteiger partial charge in [0.25, 0.3) is 0 Å². The third-order valence-electron chi connectivity index (χ3n) is 4.47. The molecule has 4 aromatic rings. The van der Waals surface area contributed by atoms with E-state index in [0.29, 0.717) is 34.1 Å². The van der Waals surface area contributed by atoms with Gasteiger partial charge in [-0.25, -0.2) is 9.78 Å². The molecule has 4 heterocycles. The van der Waals surface area contributed by atoms with Gasteiger partial charge in [0.15, 0.2) is 0 Å². The predicted molar refractivity (Wildman–Crippen MR) is 111 cm³/mol. The topological polar surface area (TPSA) is 109 Å². The Morgan fingerprint density at radius 3 is 3.10 bits per heavy atom. The first-order chi connectivity index (χ1) is 14.2. The fourth-order valence-corrected chi connectivity index (χ4v) is 4.06. The number of pyridine rings is 1. The van der Waals surface area contributed by atoms with Crippen molar-refractivity contribution in [3.63, 3.8) is 0 Å². The molecule has 1 amide bonds. The first-order valence-electron chi connectivity index (χ1n) is 8.82. The second kappa shape index (κ2) is 7.30. The number of hydrogen-bond donors (Lipinski definition) is 2. The van der Waals surface area contributed by atoms with Crippen LogP contribution < -0.4 is 10.2 Å². The van der Waals surface area contributed by atoms with Gasteiger partial charge in [0, 0.05) is 23.7 Å². The van der Waals surface area contributed by atoms with Gasteiger partial charge in [0.05, 0.1) is 29.0 Å². The number of halogens is 1. The van der Waals surface area contributed by atoms with Crippen LogP contribution in [-0.4, -0.2) is 44.6 Å². The van der Waals surface area contributed by atoms with E-state index in [9.17, 15) is 4.79 Å². The van der Waals surface area contributed by atoms with Crippen molar-refractivity contribution >= 4 is 56.6 Å². The molecule has 0 spiro atoms. The van der Waals surface area contributed by atoms with Crippen LogP contribution in [-0.2, 0) is 4.74 Å². The molecule has 0 saturated carbocycles. The number of carbonyl (C=O) groups excluding carboxylic acids is 1. The Balaban J connectivity index is 1.40. The summed E-state index contributed by atoms with van der Waals surface area (Å²) < 4.78 is 5.09. The summed E-state index contributed by atoms with van der Waals surface area (Å²) >= 11 is 7.83. The highest BCUT2D eigenvalue weighted by Gasteiger charge is 2.23. The van der Waals surface area contributed by atoms with Gasteiger partial charge >= 0.3 is 6.09 Å². The number of cyclic esters (lactones) is 1. The van der Waals surface area contributed by atoms with E-state index in [0.717, 1.165) is 28.6 Å². The van der Waals surface area contributed by atoms with Crippen LogP contribution in [0.3, 0.4) is 0 Å². The molecule has 0 radical (unpaired) electrons. The van der Waals surface area contributed by atoms with E-state index in [4.69, 9.17) is 16.3 Å². The quantitative estimate of drug-likeness (QED) is 0.501. The van der Waals surface area contributed by atoms with Crippen molar-refractivity contribution in [1.82, 2.24) is 25.4 Å². The van der Waals surface area contributed by atoms with Gasteiger partial charge in [0.2, 0.25) is 5.13 Å². The minimum Gasteiger partial charge on any atom is -0.449 e. The summed E-state index contributed by atoms with van der Waals surface area (Å²) in [5.74, 6) is 0.533. The van der Waals surface area contributed by atoms with Gasteiger partial charge in [-0.2, -0.15) is 5.10 Å². The molecule has 5 rings (SSSR count). The molecule has 146 valence electrons.